The van der Waals surface area contributed by atoms with Crippen LogP contribution >= 0.6 is 0 Å². The summed E-state index contributed by atoms with van der Waals surface area (Å²) < 4.78 is 34.5. The maximum atomic E-state index is 10.1. The summed E-state index contributed by atoms with van der Waals surface area (Å²) in [7, 11) is -4.48. The summed E-state index contributed by atoms with van der Waals surface area (Å²) in [4.78, 5) is 0. The van der Waals surface area contributed by atoms with Gasteiger partial charge in [0, 0.05) is 0 Å². The van der Waals surface area contributed by atoms with E-state index >= 15 is 0 Å². The molecule has 0 aliphatic carbocycles. The molecular weight excluding hydrogens is 267 g/mol. The van der Waals surface area contributed by atoms with Crippen molar-refractivity contribution in [2.24, 2.45) is 0 Å². The molecule has 0 spiro atoms. The average molecular weight is 292 g/mol. The molecule has 0 aromatic carbocycles. The van der Waals surface area contributed by atoms with E-state index in [-0.39, 0.29) is 24.0 Å². The van der Waals surface area contributed by atoms with E-state index in [0.29, 0.717) is 6.42 Å². The van der Waals surface area contributed by atoms with Gasteiger partial charge in [-0.25, -0.2) is 8.42 Å². The van der Waals surface area contributed by atoms with Crippen molar-refractivity contribution in [1.82, 2.24) is 0 Å². The van der Waals surface area contributed by atoms with Gasteiger partial charge in [-0.05, 0) is 6.42 Å². The van der Waals surface area contributed by atoms with Crippen LogP contribution in [0.15, 0.2) is 0 Å². The number of hydrogen-bond acceptors (Lipinski definition) is 4. The second kappa shape index (κ2) is 13.8. The first-order chi connectivity index (χ1) is 8.06. The van der Waals surface area contributed by atoms with Gasteiger partial charge >= 0.3 is 17.4 Å². The van der Waals surface area contributed by atoms with Gasteiger partial charge in [-0.15, -0.1) is 0 Å². The van der Waals surface area contributed by atoms with Crippen LogP contribution in [-0.4, -0.2) is 36.9 Å². The Morgan fingerprint density at radius 2 is 1.22 bits per heavy atom. The van der Waals surface area contributed by atoms with Gasteiger partial charge in [0.05, 0.1) is 6.61 Å². The van der Waals surface area contributed by atoms with Crippen molar-refractivity contribution < 1.29 is 17.2 Å². The predicted octanol–water partition coefficient (Wildman–Crippen LogP) is 3.00. The van der Waals surface area contributed by atoms with Crippen molar-refractivity contribution in [3.05, 3.63) is 0 Å². The molecule has 2 radical (unpaired) electrons. The summed E-state index contributed by atoms with van der Waals surface area (Å²) in [5.74, 6) is 0. The molecule has 0 aromatic heterocycles. The molecule has 18 heavy (non-hydrogen) atoms. The maximum Gasteiger partial charge on any atom is 1.00 e. The fourth-order valence-corrected chi connectivity index (χ4v) is 2.07. The largest absolute Gasteiger partial charge is 1.00 e. The van der Waals surface area contributed by atoms with Gasteiger partial charge in [-0.3, -0.25) is 4.18 Å². The summed E-state index contributed by atoms with van der Waals surface area (Å²) in [6.45, 7) is 2.24. The molecule has 0 saturated heterocycles. The molecule has 0 bridgehead atoms. The van der Waals surface area contributed by atoms with E-state index < -0.39 is 10.4 Å². The minimum Gasteiger partial charge on any atom is -0.726 e. The van der Waals surface area contributed by atoms with E-state index in [1.54, 1.807) is 0 Å². The van der Waals surface area contributed by atoms with E-state index in [9.17, 15) is 13.0 Å². The molecule has 0 aliphatic heterocycles. The zero-order chi connectivity index (χ0) is 13.0. The second-order valence-corrected chi connectivity index (χ2v) is 5.46. The summed E-state index contributed by atoms with van der Waals surface area (Å²) in [5, 5.41) is 0. The number of unbranched alkanes of at least 4 members (excludes halogenated alkanes) is 9. The Morgan fingerprint density at radius 3 is 1.61 bits per heavy atom. The number of rotatable bonds is 12. The van der Waals surface area contributed by atoms with Crippen molar-refractivity contribution in [1.29, 1.82) is 0 Å². The third kappa shape index (κ3) is 18.8. The van der Waals surface area contributed by atoms with Gasteiger partial charge in [-0.1, -0.05) is 64.7 Å². The first-order valence-electron chi connectivity index (χ1n) is 6.66. The molecule has 0 aliphatic rings. The fraction of sp³-hybridized carbons (Fsp3) is 1.00. The Balaban J connectivity index is 0. The molecule has 106 valence electrons. The van der Waals surface area contributed by atoms with Crippen LogP contribution in [0.25, 0.3) is 0 Å². The summed E-state index contributed by atoms with van der Waals surface area (Å²) >= 11 is 0. The van der Waals surface area contributed by atoms with E-state index in [4.69, 9.17) is 0 Å². The quantitative estimate of drug-likeness (QED) is 0.240. The molecule has 4 nitrogen and oxygen atoms in total. The van der Waals surface area contributed by atoms with Gasteiger partial charge in [0.25, 0.3) is 0 Å². The van der Waals surface area contributed by atoms with Crippen molar-refractivity contribution in [2.45, 2.75) is 71.1 Å². The van der Waals surface area contributed by atoms with Crippen LogP contribution in [0.5, 0.6) is 0 Å². The predicted molar refractivity (Wildman–Crippen MR) is 73.2 cm³/mol. The average Bonchev–Trinajstić information content (AvgIpc) is 2.24. The Hall–Kier alpha value is 0.402. The molecule has 0 amide bonds. The van der Waals surface area contributed by atoms with Crippen molar-refractivity contribution in [3.8, 4) is 0 Å². The molecule has 0 aromatic rings. The molecule has 0 heterocycles. The SMILES string of the molecule is CCCCCCCCCCCCOS(=O)(=O)[O-].[Al+]. The smallest absolute Gasteiger partial charge is 0.726 e. The van der Waals surface area contributed by atoms with E-state index in [2.05, 4.69) is 11.1 Å². The second-order valence-electron chi connectivity index (χ2n) is 4.41. The first-order valence-corrected chi connectivity index (χ1v) is 8.00. The van der Waals surface area contributed by atoms with Crippen LogP contribution in [0.2, 0.25) is 0 Å². The molecule has 0 fully saturated rings. The van der Waals surface area contributed by atoms with Gasteiger partial charge in [0.1, 0.15) is 0 Å². The Morgan fingerprint density at radius 1 is 0.833 bits per heavy atom. The molecular formula is C12H25AlO4S. The molecule has 0 N–H and O–H groups in total. The van der Waals surface area contributed by atoms with Gasteiger partial charge in [-0.2, -0.15) is 0 Å². The molecule has 6 heteroatoms. The van der Waals surface area contributed by atoms with Crippen LogP contribution in [0, 0.1) is 0 Å². The van der Waals surface area contributed by atoms with Crippen LogP contribution in [-0.2, 0) is 14.6 Å². The van der Waals surface area contributed by atoms with Crippen molar-refractivity contribution in [2.75, 3.05) is 6.61 Å². The number of hydrogen-bond donors (Lipinski definition) is 0. The van der Waals surface area contributed by atoms with E-state index in [1.165, 1.54) is 44.9 Å². The van der Waals surface area contributed by atoms with Crippen LogP contribution < -0.4 is 0 Å². The fourth-order valence-electron chi connectivity index (χ4n) is 1.75. The molecule has 0 unspecified atom stereocenters. The Bertz CT molecular complexity index is 255. The van der Waals surface area contributed by atoms with Crippen LogP contribution in [0.3, 0.4) is 0 Å². The van der Waals surface area contributed by atoms with Crippen LogP contribution in [0.4, 0.5) is 0 Å². The van der Waals surface area contributed by atoms with E-state index in [1.807, 2.05) is 0 Å². The molecule has 0 rings (SSSR count). The molecule has 0 saturated carbocycles. The first kappa shape index (κ1) is 20.7. The Kier molecular flexibility index (Phi) is 15.9. The third-order valence-electron chi connectivity index (χ3n) is 2.73. The van der Waals surface area contributed by atoms with Crippen molar-refractivity contribution in [3.63, 3.8) is 0 Å². The normalized spacial score (nSPS) is 11.2. The van der Waals surface area contributed by atoms with Crippen LogP contribution in [0.1, 0.15) is 71.1 Å². The zero-order valence-corrected chi connectivity index (χ0v) is 13.4. The van der Waals surface area contributed by atoms with Crippen molar-refractivity contribution >= 4 is 27.8 Å². The minimum atomic E-state index is -4.48. The standard InChI is InChI=1S/C12H26O4S.Al/c1-2-3-4-5-6-7-8-9-10-11-12-16-17(13,14)15;/h2-12H2,1H3,(H,13,14,15);/q;+1/p-1. The van der Waals surface area contributed by atoms with Gasteiger partial charge in [0.2, 0.25) is 10.4 Å². The monoisotopic (exact) mass is 292 g/mol. The maximum absolute atomic E-state index is 10.1. The van der Waals surface area contributed by atoms with E-state index in [0.717, 1.165) is 12.8 Å². The Labute approximate surface area is 123 Å². The molecule has 0 atom stereocenters. The zero-order valence-electron chi connectivity index (χ0n) is 11.4. The summed E-state index contributed by atoms with van der Waals surface area (Å²) in [6.07, 6.45) is 11.7. The topological polar surface area (TPSA) is 66.4 Å². The summed E-state index contributed by atoms with van der Waals surface area (Å²) in [5.41, 5.74) is 0. The third-order valence-corrected chi connectivity index (χ3v) is 3.18. The summed E-state index contributed by atoms with van der Waals surface area (Å²) in [6, 6.07) is 0. The minimum absolute atomic E-state index is 0. The van der Waals surface area contributed by atoms with Gasteiger partial charge in [0.15, 0.2) is 0 Å². The van der Waals surface area contributed by atoms with Gasteiger partial charge < -0.3 is 4.55 Å².